The van der Waals surface area contributed by atoms with E-state index < -0.39 is 0 Å². The first-order chi connectivity index (χ1) is 11.1. The van der Waals surface area contributed by atoms with Crippen molar-refractivity contribution in [1.82, 2.24) is 5.32 Å². The van der Waals surface area contributed by atoms with Crippen LogP contribution in [0.25, 0.3) is 0 Å². The number of carbonyl (C=O) groups excluding carboxylic acids is 1. The number of hydrogen-bond acceptors (Lipinski definition) is 3. The van der Waals surface area contributed by atoms with E-state index in [-0.39, 0.29) is 29.8 Å². The third-order valence-corrected chi connectivity index (χ3v) is 4.72. The van der Waals surface area contributed by atoms with Crippen molar-refractivity contribution in [1.29, 1.82) is 0 Å². The third kappa shape index (κ3) is 3.83. The van der Waals surface area contributed by atoms with Gasteiger partial charge in [-0.3, -0.25) is 4.79 Å². The van der Waals surface area contributed by atoms with Gasteiger partial charge >= 0.3 is 0 Å². The van der Waals surface area contributed by atoms with Crippen LogP contribution >= 0.6 is 0 Å². The van der Waals surface area contributed by atoms with Crippen molar-refractivity contribution in [2.75, 3.05) is 24.6 Å². The standard InChI is InChI=1S/C18H25FN2O2/c1-3-23-17-10-15(17)18(22)20-14-5-4-8-21(11-14)16-7-6-13(19)9-12(16)2/h6-7,9,14-15,17H,3-5,8,10-11H2,1-2H3,(H,20,22)/t14-,15+,17-/m1/s1. The van der Waals surface area contributed by atoms with Crippen LogP contribution in [0.1, 0.15) is 31.7 Å². The first-order valence-corrected chi connectivity index (χ1v) is 8.51. The maximum atomic E-state index is 13.3. The highest BCUT2D eigenvalue weighted by Crippen LogP contribution is 2.34. The van der Waals surface area contributed by atoms with E-state index in [1.165, 1.54) is 6.07 Å². The van der Waals surface area contributed by atoms with Crippen LogP contribution in [0.2, 0.25) is 0 Å². The summed E-state index contributed by atoms with van der Waals surface area (Å²) in [5.41, 5.74) is 2.00. The minimum Gasteiger partial charge on any atom is -0.378 e. The number of hydrogen-bond donors (Lipinski definition) is 1. The zero-order chi connectivity index (χ0) is 16.4. The van der Waals surface area contributed by atoms with Crippen molar-refractivity contribution in [2.45, 2.75) is 45.3 Å². The highest BCUT2D eigenvalue weighted by molar-refractivity contribution is 5.82. The molecule has 1 aliphatic carbocycles. The lowest BCUT2D eigenvalue weighted by atomic mass is 10.0. The van der Waals surface area contributed by atoms with Gasteiger partial charge in [-0.05, 0) is 56.9 Å². The maximum absolute atomic E-state index is 13.3. The molecule has 0 radical (unpaired) electrons. The molecule has 23 heavy (non-hydrogen) atoms. The predicted octanol–water partition coefficient (Wildman–Crippen LogP) is 2.64. The molecule has 0 bridgehead atoms. The van der Waals surface area contributed by atoms with E-state index in [2.05, 4.69) is 10.2 Å². The lowest BCUT2D eigenvalue weighted by molar-refractivity contribution is -0.124. The van der Waals surface area contributed by atoms with E-state index in [4.69, 9.17) is 4.74 Å². The summed E-state index contributed by atoms with van der Waals surface area (Å²) in [6.45, 7) is 6.28. The first kappa shape index (κ1) is 16.2. The van der Waals surface area contributed by atoms with Gasteiger partial charge in [0.05, 0.1) is 12.0 Å². The Balaban J connectivity index is 1.57. The fourth-order valence-corrected chi connectivity index (χ4v) is 3.44. The predicted molar refractivity (Wildman–Crippen MR) is 88.0 cm³/mol. The maximum Gasteiger partial charge on any atom is 0.226 e. The van der Waals surface area contributed by atoms with Crippen LogP contribution in [0.5, 0.6) is 0 Å². The van der Waals surface area contributed by atoms with Crippen LogP contribution < -0.4 is 10.2 Å². The molecule has 2 fully saturated rings. The van der Waals surface area contributed by atoms with Gasteiger partial charge in [0, 0.05) is 31.4 Å². The van der Waals surface area contributed by atoms with E-state index >= 15 is 0 Å². The fourth-order valence-electron chi connectivity index (χ4n) is 3.44. The number of anilines is 1. The molecule has 1 heterocycles. The van der Waals surface area contributed by atoms with Gasteiger partial charge in [0.2, 0.25) is 5.91 Å². The number of rotatable bonds is 5. The van der Waals surface area contributed by atoms with E-state index in [0.717, 1.165) is 43.6 Å². The van der Waals surface area contributed by atoms with Gasteiger partial charge in [0.15, 0.2) is 0 Å². The molecule has 0 spiro atoms. The van der Waals surface area contributed by atoms with Crippen molar-refractivity contribution in [3.63, 3.8) is 0 Å². The summed E-state index contributed by atoms with van der Waals surface area (Å²) < 4.78 is 18.8. The molecule has 1 saturated heterocycles. The SMILES string of the molecule is CCO[C@@H]1C[C@@H]1C(=O)N[C@@H]1CCCN(c2ccc(F)cc2C)C1. The van der Waals surface area contributed by atoms with E-state index in [1.54, 1.807) is 6.07 Å². The van der Waals surface area contributed by atoms with E-state index in [1.807, 2.05) is 19.9 Å². The number of halogens is 1. The van der Waals surface area contributed by atoms with Gasteiger partial charge in [0.1, 0.15) is 5.82 Å². The number of piperidine rings is 1. The molecule has 0 aromatic heterocycles. The minimum atomic E-state index is -0.205. The van der Waals surface area contributed by atoms with Gasteiger partial charge in [0.25, 0.3) is 0 Å². The highest BCUT2D eigenvalue weighted by Gasteiger charge is 2.44. The zero-order valence-corrected chi connectivity index (χ0v) is 13.8. The normalized spacial score (nSPS) is 26.9. The van der Waals surface area contributed by atoms with Gasteiger partial charge in [-0.15, -0.1) is 0 Å². The second kappa shape index (κ2) is 6.87. The molecular weight excluding hydrogens is 295 g/mol. The summed E-state index contributed by atoms with van der Waals surface area (Å²) in [4.78, 5) is 14.5. The smallest absolute Gasteiger partial charge is 0.226 e. The van der Waals surface area contributed by atoms with Gasteiger partial charge in [-0.1, -0.05) is 0 Å². The Morgan fingerprint density at radius 3 is 3.04 bits per heavy atom. The Morgan fingerprint density at radius 1 is 1.48 bits per heavy atom. The Bertz CT molecular complexity index is 578. The van der Waals surface area contributed by atoms with Crippen LogP contribution in [0.15, 0.2) is 18.2 Å². The molecule has 1 N–H and O–H groups in total. The fraction of sp³-hybridized carbons (Fsp3) is 0.611. The molecule has 5 heteroatoms. The van der Waals surface area contributed by atoms with Crippen molar-refractivity contribution in [2.24, 2.45) is 5.92 Å². The number of nitrogens with one attached hydrogen (secondary N) is 1. The number of carbonyl (C=O) groups is 1. The molecule has 0 unspecified atom stereocenters. The summed E-state index contributed by atoms with van der Waals surface area (Å²) >= 11 is 0. The molecule has 1 aliphatic heterocycles. The highest BCUT2D eigenvalue weighted by atomic mass is 19.1. The van der Waals surface area contributed by atoms with Crippen molar-refractivity contribution in [3.05, 3.63) is 29.6 Å². The quantitative estimate of drug-likeness (QED) is 0.907. The van der Waals surface area contributed by atoms with E-state index in [0.29, 0.717) is 6.61 Å². The second-order valence-corrected chi connectivity index (χ2v) is 6.56. The minimum absolute atomic E-state index is 0.0258. The van der Waals surface area contributed by atoms with Crippen LogP contribution in [0.4, 0.5) is 10.1 Å². The summed E-state index contributed by atoms with van der Waals surface area (Å²) in [5, 5.41) is 3.17. The van der Waals surface area contributed by atoms with Crippen LogP contribution in [0.3, 0.4) is 0 Å². The van der Waals surface area contributed by atoms with Crippen molar-refractivity contribution in [3.8, 4) is 0 Å². The Labute approximate surface area is 137 Å². The van der Waals surface area contributed by atoms with E-state index in [9.17, 15) is 9.18 Å². The van der Waals surface area contributed by atoms with Crippen LogP contribution in [0, 0.1) is 18.7 Å². The van der Waals surface area contributed by atoms with Gasteiger partial charge < -0.3 is 15.0 Å². The van der Waals surface area contributed by atoms with Crippen molar-refractivity contribution >= 4 is 11.6 Å². The number of benzene rings is 1. The molecular formula is C18H25FN2O2. The van der Waals surface area contributed by atoms with Gasteiger partial charge in [-0.2, -0.15) is 0 Å². The third-order valence-electron chi connectivity index (χ3n) is 4.72. The zero-order valence-electron chi connectivity index (χ0n) is 13.8. The second-order valence-electron chi connectivity index (χ2n) is 6.56. The molecule has 4 nitrogen and oxygen atoms in total. The average molecular weight is 320 g/mol. The largest absolute Gasteiger partial charge is 0.378 e. The lowest BCUT2D eigenvalue weighted by Crippen LogP contribution is -2.48. The van der Waals surface area contributed by atoms with Crippen molar-refractivity contribution < 1.29 is 13.9 Å². The Hall–Kier alpha value is -1.62. The summed E-state index contributed by atoms with van der Waals surface area (Å²) in [7, 11) is 0. The first-order valence-electron chi connectivity index (χ1n) is 8.51. The topological polar surface area (TPSA) is 41.6 Å². The Morgan fingerprint density at radius 2 is 2.30 bits per heavy atom. The number of nitrogens with zero attached hydrogens (tertiary/aromatic N) is 1. The molecule has 1 saturated carbocycles. The average Bonchev–Trinajstić information content (AvgIpc) is 3.27. The molecule has 126 valence electrons. The molecule has 1 aromatic rings. The molecule has 2 aliphatic rings. The number of aryl methyl sites for hydroxylation is 1. The monoisotopic (exact) mass is 320 g/mol. The summed E-state index contributed by atoms with van der Waals surface area (Å²) in [6, 6.07) is 5.06. The summed E-state index contributed by atoms with van der Waals surface area (Å²) in [6.07, 6.45) is 2.97. The Kier molecular flexibility index (Phi) is 4.85. The lowest BCUT2D eigenvalue weighted by Gasteiger charge is -2.35. The number of ether oxygens (including phenoxy) is 1. The molecule has 3 rings (SSSR count). The molecule has 1 aromatic carbocycles. The van der Waals surface area contributed by atoms with Crippen LogP contribution in [-0.4, -0.2) is 37.7 Å². The number of amides is 1. The van der Waals surface area contributed by atoms with Crippen LogP contribution in [-0.2, 0) is 9.53 Å². The van der Waals surface area contributed by atoms with Gasteiger partial charge in [-0.25, -0.2) is 4.39 Å². The summed E-state index contributed by atoms with van der Waals surface area (Å²) in [5.74, 6) is -0.0622. The molecule has 3 atom stereocenters. The molecule has 1 amide bonds.